The van der Waals surface area contributed by atoms with Gasteiger partial charge in [-0.3, -0.25) is 0 Å². The number of hydrogen-bond acceptors (Lipinski definition) is 5. The molecule has 5 N–H and O–H groups in total. The third kappa shape index (κ3) is 5.83. The van der Waals surface area contributed by atoms with Crippen molar-refractivity contribution < 1.29 is 13.5 Å². The second-order valence-corrected chi connectivity index (χ2v) is 9.35. The van der Waals surface area contributed by atoms with E-state index in [1.165, 1.54) is 36.8 Å². The number of anilines is 1. The van der Waals surface area contributed by atoms with Crippen LogP contribution >= 0.6 is 0 Å². The molecule has 0 aliphatic carbocycles. The van der Waals surface area contributed by atoms with Gasteiger partial charge in [0.2, 0.25) is 0 Å². The van der Waals surface area contributed by atoms with Crippen LogP contribution in [0.3, 0.4) is 0 Å². The Morgan fingerprint density at radius 1 is 1.08 bits per heavy atom. The van der Waals surface area contributed by atoms with Gasteiger partial charge in [0.25, 0.3) is 0 Å². The molecule has 5 nitrogen and oxygen atoms in total. The number of rotatable bonds is 8. The van der Waals surface area contributed by atoms with Gasteiger partial charge < -0.3 is 16.6 Å². The lowest BCUT2D eigenvalue weighted by Gasteiger charge is -2.29. The van der Waals surface area contributed by atoms with Crippen molar-refractivity contribution in [2.45, 2.75) is 43.2 Å². The minimum Gasteiger partial charge on any atom is -0.399 e. The molecule has 0 aromatic heterocycles. The Bertz CT molecular complexity index is 803. The molecular formula is C20H28N2O3S. The van der Waals surface area contributed by atoms with Gasteiger partial charge in [0.1, 0.15) is 0 Å². The van der Waals surface area contributed by atoms with Gasteiger partial charge >= 0.3 is 0 Å². The third-order valence-corrected chi connectivity index (χ3v) is 6.54. The van der Waals surface area contributed by atoms with Crippen LogP contribution < -0.4 is 11.5 Å². The standard InChI is InChI=1S/C20H28N2O3S/c1-15(12-16-6-4-3-5-7-16)19(22)13-20(2,23)14-26(24,25)18-10-8-17(21)9-11-18/h3-11,15,19,23H,12-14,21-22H2,1-2H3/t15-,19+,20?/m1/s1. The van der Waals surface area contributed by atoms with Gasteiger partial charge in [-0.15, -0.1) is 0 Å². The molecule has 1 unspecified atom stereocenters. The first kappa shape index (κ1) is 20.4. The van der Waals surface area contributed by atoms with E-state index in [-0.39, 0.29) is 29.0 Å². The third-order valence-electron chi connectivity index (χ3n) is 4.55. The molecule has 2 rings (SSSR count). The molecule has 0 amide bonds. The van der Waals surface area contributed by atoms with E-state index in [0.29, 0.717) is 5.69 Å². The summed E-state index contributed by atoms with van der Waals surface area (Å²) in [7, 11) is -3.63. The van der Waals surface area contributed by atoms with Crippen molar-refractivity contribution in [3.8, 4) is 0 Å². The first-order valence-electron chi connectivity index (χ1n) is 8.69. The van der Waals surface area contributed by atoms with Crippen molar-refractivity contribution in [2.75, 3.05) is 11.5 Å². The predicted molar refractivity (Wildman–Crippen MR) is 105 cm³/mol. The molecule has 2 aromatic carbocycles. The summed E-state index contributed by atoms with van der Waals surface area (Å²) >= 11 is 0. The highest BCUT2D eigenvalue weighted by atomic mass is 32.2. The molecule has 26 heavy (non-hydrogen) atoms. The fourth-order valence-corrected chi connectivity index (χ4v) is 4.73. The van der Waals surface area contributed by atoms with Gasteiger partial charge in [0, 0.05) is 11.7 Å². The van der Waals surface area contributed by atoms with Crippen LogP contribution in [0.15, 0.2) is 59.5 Å². The summed E-state index contributed by atoms with van der Waals surface area (Å²) in [6, 6.07) is 15.7. The molecule has 0 saturated heterocycles. The monoisotopic (exact) mass is 376 g/mol. The van der Waals surface area contributed by atoms with Gasteiger partial charge in [0.05, 0.1) is 16.2 Å². The van der Waals surface area contributed by atoms with E-state index >= 15 is 0 Å². The van der Waals surface area contributed by atoms with Crippen molar-refractivity contribution >= 4 is 15.5 Å². The van der Waals surface area contributed by atoms with Crippen LogP contribution in [0.1, 0.15) is 25.8 Å². The number of nitrogen functional groups attached to an aromatic ring is 1. The van der Waals surface area contributed by atoms with Crippen molar-refractivity contribution in [3.05, 3.63) is 60.2 Å². The van der Waals surface area contributed by atoms with Crippen LogP contribution in [0, 0.1) is 5.92 Å². The summed E-state index contributed by atoms with van der Waals surface area (Å²) in [5.74, 6) is -0.265. The molecule has 0 saturated carbocycles. The Labute approximate surface area is 156 Å². The van der Waals surface area contributed by atoms with Crippen LogP contribution in [-0.2, 0) is 16.3 Å². The average Bonchev–Trinajstić information content (AvgIpc) is 2.54. The average molecular weight is 377 g/mol. The van der Waals surface area contributed by atoms with Gasteiger partial charge in [-0.05, 0) is 55.5 Å². The van der Waals surface area contributed by atoms with E-state index in [4.69, 9.17) is 11.5 Å². The Morgan fingerprint density at radius 3 is 2.23 bits per heavy atom. The van der Waals surface area contributed by atoms with Crippen LogP contribution in [0.4, 0.5) is 5.69 Å². The highest BCUT2D eigenvalue weighted by Crippen LogP contribution is 2.24. The molecule has 0 spiro atoms. The molecule has 0 bridgehead atoms. The minimum absolute atomic E-state index is 0.114. The fraction of sp³-hybridized carbons (Fsp3) is 0.400. The zero-order valence-corrected chi connectivity index (χ0v) is 16.1. The molecule has 0 aliphatic rings. The SMILES string of the molecule is C[C@H](Cc1ccccc1)[C@@H](N)CC(C)(O)CS(=O)(=O)c1ccc(N)cc1. The van der Waals surface area contributed by atoms with Crippen molar-refractivity contribution in [3.63, 3.8) is 0 Å². The zero-order valence-electron chi connectivity index (χ0n) is 15.3. The Kier molecular flexibility index (Phi) is 6.44. The molecule has 0 radical (unpaired) electrons. The Balaban J connectivity index is 2.01. The van der Waals surface area contributed by atoms with E-state index in [1.807, 2.05) is 37.3 Å². The van der Waals surface area contributed by atoms with E-state index in [2.05, 4.69) is 0 Å². The summed E-state index contributed by atoms with van der Waals surface area (Å²) in [4.78, 5) is 0.151. The predicted octanol–water partition coefficient (Wildman–Crippen LogP) is 2.39. The lowest BCUT2D eigenvalue weighted by atomic mass is 9.87. The Morgan fingerprint density at radius 2 is 1.65 bits per heavy atom. The fourth-order valence-electron chi connectivity index (χ4n) is 3.07. The number of benzene rings is 2. The van der Waals surface area contributed by atoms with E-state index in [1.54, 1.807) is 0 Å². The lowest BCUT2D eigenvalue weighted by Crippen LogP contribution is -2.43. The molecule has 142 valence electrons. The van der Waals surface area contributed by atoms with E-state index in [9.17, 15) is 13.5 Å². The van der Waals surface area contributed by atoms with E-state index < -0.39 is 15.4 Å². The van der Waals surface area contributed by atoms with Gasteiger partial charge in [-0.2, -0.15) is 0 Å². The second kappa shape index (κ2) is 8.20. The van der Waals surface area contributed by atoms with Gasteiger partial charge in [-0.1, -0.05) is 37.3 Å². The maximum atomic E-state index is 12.6. The number of hydrogen-bond donors (Lipinski definition) is 3. The lowest BCUT2D eigenvalue weighted by molar-refractivity contribution is 0.0606. The van der Waals surface area contributed by atoms with Crippen molar-refractivity contribution in [1.82, 2.24) is 0 Å². The maximum absolute atomic E-state index is 12.6. The summed E-state index contributed by atoms with van der Waals surface area (Å²) < 4.78 is 25.1. The van der Waals surface area contributed by atoms with Crippen LogP contribution in [0.2, 0.25) is 0 Å². The maximum Gasteiger partial charge on any atom is 0.181 e. The van der Waals surface area contributed by atoms with Crippen molar-refractivity contribution in [1.29, 1.82) is 0 Å². The van der Waals surface area contributed by atoms with Crippen LogP contribution in [0.25, 0.3) is 0 Å². The molecule has 2 aromatic rings. The smallest absolute Gasteiger partial charge is 0.181 e. The van der Waals surface area contributed by atoms with Gasteiger partial charge in [-0.25, -0.2) is 8.42 Å². The minimum atomic E-state index is -3.63. The first-order valence-corrected chi connectivity index (χ1v) is 10.3. The van der Waals surface area contributed by atoms with E-state index in [0.717, 1.165) is 6.42 Å². The highest BCUT2D eigenvalue weighted by Gasteiger charge is 2.32. The summed E-state index contributed by atoms with van der Waals surface area (Å²) in [6.45, 7) is 3.54. The Hall–Kier alpha value is -1.89. The molecule has 6 heteroatoms. The highest BCUT2D eigenvalue weighted by molar-refractivity contribution is 7.91. The summed E-state index contributed by atoms with van der Waals surface area (Å²) in [5.41, 5.74) is 12.1. The number of aliphatic hydroxyl groups is 1. The molecule has 3 atom stereocenters. The van der Waals surface area contributed by atoms with Crippen LogP contribution in [-0.4, -0.2) is 30.9 Å². The van der Waals surface area contributed by atoms with Gasteiger partial charge in [0.15, 0.2) is 9.84 Å². The number of nitrogens with two attached hydrogens (primary N) is 2. The normalized spacial score (nSPS) is 16.6. The first-order chi connectivity index (χ1) is 12.1. The molecule has 0 fully saturated rings. The molecule has 0 aliphatic heterocycles. The zero-order chi connectivity index (χ0) is 19.4. The number of sulfone groups is 1. The second-order valence-electron chi connectivity index (χ2n) is 7.36. The van der Waals surface area contributed by atoms with Crippen LogP contribution in [0.5, 0.6) is 0 Å². The molecular weight excluding hydrogens is 348 g/mol. The van der Waals surface area contributed by atoms with Crippen molar-refractivity contribution in [2.24, 2.45) is 11.7 Å². The quantitative estimate of drug-likeness (QED) is 0.613. The largest absolute Gasteiger partial charge is 0.399 e. The topological polar surface area (TPSA) is 106 Å². The summed E-state index contributed by atoms with van der Waals surface area (Å²) in [6.07, 6.45) is 0.984. The summed E-state index contributed by atoms with van der Waals surface area (Å²) in [5, 5.41) is 10.7. The molecule has 0 heterocycles.